The van der Waals surface area contributed by atoms with Crippen molar-refractivity contribution in [1.82, 2.24) is 30.1 Å². The Hall–Kier alpha value is -4.15. The summed E-state index contributed by atoms with van der Waals surface area (Å²) in [5, 5.41) is 15.0. The molecule has 2 aromatic carbocycles. The molecule has 1 N–H and O–H groups in total. The van der Waals surface area contributed by atoms with Gasteiger partial charge in [-0.25, -0.2) is 9.07 Å². The van der Waals surface area contributed by atoms with Gasteiger partial charge in [-0.15, -0.1) is 5.10 Å². The number of aromatic nitrogens is 5. The number of halogens is 3. The van der Waals surface area contributed by atoms with Crippen LogP contribution in [0.2, 0.25) is 0 Å². The predicted octanol–water partition coefficient (Wildman–Crippen LogP) is 3.77. The minimum atomic E-state index is -2.94. The third-order valence-electron chi connectivity index (χ3n) is 5.39. The molecule has 2 aromatic heterocycles. The highest BCUT2D eigenvalue weighted by molar-refractivity contribution is 6.00. The fourth-order valence-corrected chi connectivity index (χ4v) is 3.66. The number of benzene rings is 2. The van der Waals surface area contributed by atoms with E-state index in [0.717, 1.165) is 5.56 Å². The van der Waals surface area contributed by atoms with Gasteiger partial charge in [0.15, 0.2) is 0 Å². The number of carbonyl (C=O) groups excluding carboxylic acids is 1. The number of likely N-dealkylation sites (tertiary alicyclic amines) is 1. The molecule has 0 saturated carbocycles. The fraction of sp³-hybridized carbons (Fsp3) is 0.182. The van der Waals surface area contributed by atoms with Gasteiger partial charge in [0, 0.05) is 24.2 Å². The van der Waals surface area contributed by atoms with Gasteiger partial charge in [-0.05, 0) is 36.4 Å². The zero-order chi connectivity index (χ0) is 22.9. The number of rotatable bonds is 6. The van der Waals surface area contributed by atoms with E-state index >= 15 is 0 Å². The monoisotopic (exact) mass is 454 g/mol. The second-order valence-corrected chi connectivity index (χ2v) is 7.52. The molecule has 168 valence electrons. The Labute approximate surface area is 185 Å². The lowest BCUT2D eigenvalue weighted by atomic mass is 10.0. The van der Waals surface area contributed by atoms with Gasteiger partial charge in [0.2, 0.25) is 0 Å². The summed E-state index contributed by atoms with van der Waals surface area (Å²) in [6.07, 6.45) is 3.17. The maximum Gasteiger partial charge on any atom is 0.387 e. The van der Waals surface area contributed by atoms with Crippen LogP contribution in [0.1, 0.15) is 16.4 Å². The zero-order valence-corrected chi connectivity index (χ0v) is 17.0. The lowest BCUT2D eigenvalue weighted by molar-refractivity contribution is -0.0498. The SMILES string of the molecule is O=C(c1cn[nH]c1-c1cccc(OC(F)F)c1)N1CC(n2cc(-c3ccc(F)cc3)nn2)C1. The summed E-state index contributed by atoms with van der Waals surface area (Å²) in [4.78, 5) is 14.7. The second kappa shape index (κ2) is 8.41. The normalized spacial score (nSPS) is 13.9. The van der Waals surface area contributed by atoms with Crippen LogP contribution in [0, 0.1) is 5.82 Å². The van der Waals surface area contributed by atoms with Gasteiger partial charge < -0.3 is 9.64 Å². The molecule has 5 rings (SSSR count). The summed E-state index contributed by atoms with van der Waals surface area (Å²) in [7, 11) is 0. The van der Waals surface area contributed by atoms with Crippen LogP contribution >= 0.6 is 0 Å². The van der Waals surface area contributed by atoms with Gasteiger partial charge in [0.1, 0.15) is 17.3 Å². The number of carbonyl (C=O) groups is 1. The highest BCUT2D eigenvalue weighted by Gasteiger charge is 2.35. The molecule has 0 atom stereocenters. The molecule has 1 fully saturated rings. The van der Waals surface area contributed by atoms with Crippen molar-refractivity contribution in [3.05, 3.63) is 72.3 Å². The number of alkyl halides is 2. The molecule has 1 amide bonds. The van der Waals surface area contributed by atoms with Crippen molar-refractivity contribution in [2.45, 2.75) is 12.7 Å². The lowest BCUT2D eigenvalue weighted by Gasteiger charge is -2.38. The molecule has 4 aromatic rings. The van der Waals surface area contributed by atoms with Crippen molar-refractivity contribution in [2.75, 3.05) is 13.1 Å². The molecule has 0 unspecified atom stereocenters. The molecule has 0 spiro atoms. The van der Waals surface area contributed by atoms with Crippen molar-refractivity contribution in [2.24, 2.45) is 0 Å². The molecule has 1 saturated heterocycles. The van der Waals surface area contributed by atoms with Gasteiger partial charge in [0.05, 0.1) is 29.7 Å². The number of amides is 1. The summed E-state index contributed by atoms with van der Waals surface area (Å²) in [5.41, 5.74) is 2.61. The number of H-pyrrole nitrogens is 1. The molecule has 0 aliphatic carbocycles. The average Bonchev–Trinajstić information content (AvgIpc) is 3.43. The van der Waals surface area contributed by atoms with E-state index in [1.54, 1.807) is 40.0 Å². The van der Waals surface area contributed by atoms with Crippen LogP contribution in [-0.4, -0.2) is 55.7 Å². The van der Waals surface area contributed by atoms with Gasteiger partial charge in [-0.2, -0.15) is 13.9 Å². The Balaban J connectivity index is 1.27. The zero-order valence-electron chi connectivity index (χ0n) is 17.0. The summed E-state index contributed by atoms with van der Waals surface area (Å²) in [6.45, 7) is -2.10. The first-order valence-corrected chi connectivity index (χ1v) is 10.0. The molecule has 11 heteroatoms. The summed E-state index contributed by atoms with van der Waals surface area (Å²) >= 11 is 0. The highest BCUT2D eigenvalue weighted by Crippen LogP contribution is 2.30. The maximum absolute atomic E-state index is 13.1. The first kappa shape index (κ1) is 20.7. The number of hydrogen-bond donors (Lipinski definition) is 1. The van der Waals surface area contributed by atoms with Crippen LogP contribution in [0.4, 0.5) is 13.2 Å². The van der Waals surface area contributed by atoms with Crippen LogP contribution < -0.4 is 4.74 Å². The van der Waals surface area contributed by atoms with Gasteiger partial charge in [0.25, 0.3) is 5.91 Å². The molecule has 0 radical (unpaired) electrons. The fourth-order valence-electron chi connectivity index (χ4n) is 3.66. The van der Waals surface area contributed by atoms with Crippen molar-refractivity contribution in [1.29, 1.82) is 0 Å². The second-order valence-electron chi connectivity index (χ2n) is 7.52. The summed E-state index contributed by atoms with van der Waals surface area (Å²) in [6, 6.07) is 12.0. The number of aromatic amines is 1. The van der Waals surface area contributed by atoms with Crippen LogP contribution in [-0.2, 0) is 0 Å². The molecule has 3 heterocycles. The number of ether oxygens (including phenoxy) is 1. The minimum absolute atomic E-state index is 0.0114. The number of hydrogen-bond acceptors (Lipinski definition) is 5. The topological polar surface area (TPSA) is 88.9 Å². The van der Waals surface area contributed by atoms with E-state index in [2.05, 4.69) is 25.2 Å². The first-order valence-electron chi connectivity index (χ1n) is 10.0. The van der Waals surface area contributed by atoms with Crippen molar-refractivity contribution >= 4 is 5.91 Å². The van der Waals surface area contributed by atoms with Gasteiger partial charge in [-0.1, -0.05) is 17.3 Å². The van der Waals surface area contributed by atoms with Gasteiger partial charge >= 0.3 is 6.61 Å². The van der Waals surface area contributed by atoms with Crippen LogP contribution in [0.25, 0.3) is 22.5 Å². The molecule has 33 heavy (non-hydrogen) atoms. The predicted molar refractivity (Wildman–Crippen MR) is 111 cm³/mol. The van der Waals surface area contributed by atoms with E-state index in [1.807, 2.05) is 0 Å². The first-order chi connectivity index (χ1) is 16.0. The Morgan fingerprint density at radius 3 is 2.67 bits per heavy atom. The third kappa shape index (κ3) is 4.16. The third-order valence-corrected chi connectivity index (χ3v) is 5.39. The molecular weight excluding hydrogens is 437 g/mol. The molecular formula is C22H17F3N6O2. The summed E-state index contributed by atoms with van der Waals surface area (Å²) < 4.78 is 44.3. The average molecular weight is 454 g/mol. The largest absolute Gasteiger partial charge is 0.435 e. The quantitative estimate of drug-likeness (QED) is 0.479. The Morgan fingerprint density at radius 2 is 1.91 bits per heavy atom. The van der Waals surface area contributed by atoms with E-state index in [1.165, 1.54) is 30.5 Å². The van der Waals surface area contributed by atoms with Crippen LogP contribution in [0.3, 0.4) is 0 Å². The van der Waals surface area contributed by atoms with E-state index in [9.17, 15) is 18.0 Å². The van der Waals surface area contributed by atoms with E-state index < -0.39 is 6.61 Å². The Bertz CT molecular complexity index is 1280. The van der Waals surface area contributed by atoms with Gasteiger partial charge in [-0.3, -0.25) is 9.89 Å². The van der Waals surface area contributed by atoms with Crippen molar-refractivity contribution in [3.8, 4) is 28.3 Å². The number of nitrogens with zero attached hydrogens (tertiary/aromatic N) is 5. The summed E-state index contributed by atoms with van der Waals surface area (Å²) in [5.74, 6) is -0.581. The smallest absolute Gasteiger partial charge is 0.387 e. The van der Waals surface area contributed by atoms with Crippen LogP contribution in [0.15, 0.2) is 60.9 Å². The van der Waals surface area contributed by atoms with E-state index in [4.69, 9.17) is 0 Å². The van der Waals surface area contributed by atoms with E-state index in [-0.39, 0.29) is 23.5 Å². The maximum atomic E-state index is 13.1. The molecule has 1 aliphatic rings. The van der Waals surface area contributed by atoms with Crippen molar-refractivity contribution < 1.29 is 22.7 Å². The Kier molecular flexibility index (Phi) is 5.29. The van der Waals surface area contributed by atoms with Crippen molar-refractivity contribution in [3.63, 3.8) is 0 Å². The van der Waals surface area contributed by atoms with Crippen LogP contribution in [0.5, 0.6) is 5.75 Å². The Morgan fingerprint density at radius 1 is 1.12 bits per heavy atom. The lowest BCUT2D eigenvalue weighted by Crippen LogP contribution is -2.50. The molecule has 8 nitrogen and oxygen atoms in total. The van der Waals surface area contributed by atoms with E-state index in [0.29, 0.717) is 35.6 Å². The molecule has 0 bridgehead atoms. The molecule has 1 aliphatic heterocycles. The highest BCUT2D eigenvalue weighted by atomic mass is 19.3. The standard InChI is InChI=1S/C22H17F3N6O2/c23-15-6-4-13(5-7-15)19-12-31(29-27-19)16-10-30(11-16)21(32)18-9-26-28-20(18)14-2-1-3-17(8-14)33-22(24)25/h1-9,12,16,22H,10-11H2,(H,26,28). The minimum Gasteiger partial charge on any atom is -0.435 e. The number of nitrogens with one attached hydrogen (secondary N) is 1.